The Morgan fingerprint density at radius 1 is 0.962 bits per heavy atom. The Kier molecular flexibility index (Phi) is 6.93. The van der Waals surface area contributed by atoms with Crippen LogP contribution >= 0.6 is 34.5 Å². The van der Waals surface area contributed by atoms with E-state index < -0.39 is 11.9 Å². The predicted octanol–water partition coefficient (Wildman–Crippen LogP) is 5.02. The van der Waals surface area contributed by atoms with Gasteiger partial charge in [-0.05, 0) is 58.3 Å². The number of halogens is 2. The standard InChI is InChI=1S/C18H11Cl2NO3S.Li.H/c19-12-2-3-13(15(20)8-12)17(22)21-16-4-1-10(7-14(16)18(23)24)11-5-6-25-9-11;;/h1-9H,(H,21,22)(H,23,24);;. The molecule has 1 amide bonds. The van der Waals surface area contributed by atoms with Crippen LogP contribution in [-0.2, 0) is 0 Å². The number of carbonyl (C=O) groups is 2. The fourth-order valence-corrected chi connectivity index (χ4v) is 3.46. The molecule has 4 nitrogen and oxygen atoms in total. The minimum absolute atomic E-state index is 0. The molecule has 0 aliphatic carbocycles. The average molecular weight is 400 g/mol. The molecule has 0 saturated carbocycles. The summed E-state index contributed by atoms with van der Waals surface area (Å²) in [4.78, 5) is 24.0. The third-order valence-corrected chi connectivity index (χ3v) is 4.76. The fourth-order valence-electron chi connectivity index (χ4n) is 2.30. The van der Waals surface area contributed by atoms with Crippen LogP contribution in [-0.4, -0.2) is 35.8 Å². The van der Waals surface area contributed by atoms with Crippen molar-refractivity contribution in [1.29, 1.82) is 0 Å². The molecule has 0 bridgehead atoms. The zero-order valence-corrected chi connectivity index (χ0v) is 15.0. The Hall–Kier alpha value is -1.74. The van der Waals surface area contributed by atoms with Crippen molar-refractivity contribution in [3.05, 3.63) is 74.4 Å². The molecule has 3 rings (SSSR count). The quantitative estimate of drug-likeness (QED) is 0.605. The number of thiophene rings is 1. The molecule has 0 atom stereocenters. The van der Waals surface area contributed by atoms with Gasteiger partial charge in [0.1, 0.15) is 0 Å². The first kappa shape index (κ1) is 20.6. The summed E-state index contributed by atoms with van der Waals surface area (Å²) in [6.07, 6.45) is 0. The zero-order chi connectivity index (χ0) is 18.0. The molecule has 0 unspecified atom stereocenters. The fraction of sp³-hybridized carbons (Fsp3) is 0. The van der Waals surface area contributed by atoms with Crippen LogP contribution in [0.4, 0.5) is 5.69 Å². The van der Waals surface area contributed by atoms with Gasteiger partial charge in [-0.3, -0.25) is 4.79 Å². The summed E-state index contributed by atoms with van der Waals surface area (Å²) in [7, 11) is 0. The third kappa shape index (κ3) is 4.50. The van der Waals surface area contributed by atoms with Gasteiger partial charge in [0.15, 0.2) is 0 Å². The number of carboxylic acids is 1. The molecule has 2 N–H and O–H groups in total. The van der Waals surface area contributed by atoms with Crippen molar-refractivity contribution >= 4 is 71.0 Å². The summed E-state index contributed by atoms with van der Waals surface area (Å²) in [6, 6.07) is 11.2. The Labute approximate surface area is 175 Å². The molecule has 0 spiro atoms. The SMILES string of the molecule is O=C(Nc1ccc(-c2ccsc2)cc1C(=O)O)c1ccc(Cl)cc1Cl.[LiH]. The molecule has 1 heterocycles. The minimum atomic E-state index is -1.13. The van der Waals surface area contributed by atoms with Crippen molar-refractivity contribution in [2.45, 2.75) is 0 Å². The van der Waals surface area contributed by atoms with E-state index in [0.717, 1.165) is 11.1 Å². The van der Waals surface area contributed by atoms with Crippen LogP contribution in [0.2, 0.25) is 10.0 Å². The van der Waals surface area contributed by atoms with E-state index >= 15 is 0 Å². The van der Waals surface area contributed by atoms with Gasteiger partial charge in [0, 0.05) is 5.02 Å². The van der Waals surface area contributed by atoms with E-state index in [1.54, 1.807) is 18.2 Å². The van der Waals surface area contributed by atoms with Crippen molar-refractivity contribution in [1.82, 2.24) is 0 Å². The predicted molar refractivity (Wildman–Crippen MR) is 108 cm³/mol. The maximum absolute atomic E-state index is 12.4. The third-order valence-electron chi connectivity index (χ3n) is 3.53. The van der Waals surface area contributed by atoms with E-state index in [1.807, 2.05) is 16.8 Å². The number of carboxylic acid groups (broad SMARTS) is 1. The van der Waals surface area contributed by atoms with Gasteiger partial charge in [-0.15, -0.1) is 0 Å². The number of aromatic carboxylic acids is 1. The van der Waals surface area contributed by atoms with Gasteiger partial charge in [0.05, 0.1) is 21.8 Å². The van der Waals surface area contributed by atoms with E-state index in [4.69, 9.17) is 23.2 Å². The van der Waals surface area contributed by atoms with Crippen LogP contribution in [0.25, 0.3) is 11.1 Å². The second kappa shape index (κ2) is 8.76. The first-order chi connectivity index (χ1) is 12.0. The number of hydrogen-bond donors (Lipinski definition) is 2. The van der Waals surface area contributed by atoms with Crippen LogP contribution < -0.4 is 5.32 Å². The molecule has 1 aromatic heterocycles. The zero-order valence-electron chi connectivity index (χ0n) is 12.6. The molecule has 3 aromatic rings. The first-order valence-corrected chi connectivity index (χ1v) is 8.82. The molecular weight excluding hydrogens is 388 g/mol. The van der Waals surface area contributed by atoms with Crippen molar-refractivity contribution in [2.24, 2.45) is 0 Å². The Morgan fingerprint density at radius 2 is 1.73 bits per heavy atom. The molecule has 0 radical (unpaired) electrons. The summed E-state index contributed by atoms with van der Waals surface area (Å²) in [6.45, 7) is 0. The van der Waals surface area contributed by atoms with Crippen LogP contribution in [0.1, 0.15) is 20.7 Å². The topological polar surface area (TPSA) is 66.4 Å². The van der Waals surface area contributed by atoms with E-state index in [-0.39, 0.29) is 40.7 Å². The molecule has 0 aliphatic heterocycles. The molecule has 0 saturated heterocycles. The van der Waals surface area contributed by atoms with E-state index in [0.29, 0.717) is 5.02 Å². The molecule has 0 fully saturated rings. The summed E-state index contributed by atoms with van der Waals surface area (Å²) in [5.74, 6) is -1.64. The van der Waals surface area contributed by atoms with Crippen molar-refractivity contribution < 1.29 is 14.7 Å². The van der Waals surface area contributed by atoms with Gasteiger partial charge >= 0.3 is 24.8 Å². The summed E-state index contributed by atoms with van der Waals surface area (Å²) < 4.78 is 0. The molecule has 8 heteroatoms. The maximum atomic E-state index is 12.4. The molecule has 2 aromatic carbocycles. The van der Waals surface area contributed by atoms with Gasteiger partial charge < -0.3 is 10.4 Å². The molecule has 26 heavy (non-hydrogen) atoms. The van der Waals surface area contributed by atoms with Crippen LogP contribution in [0.15, 0.2) is 53.2 Å². The van der Waals surface area contributed by atoms with Gasteiger partial charge in [-0.25, -0.2) is 4.79 Å². The number of benzene rings is 2. The molecular formula is C18H12Cl2LiNO3S. The average Bonchev–Trinajstić information content (AvgIpc) is 3.09. The number of anilines is 1. The Morgan fingerprint density at radius 3 is 2.35 bits per heavy atom. The van der Waals surface area contributed by atoms with E-state index in [1.165, 1.54) is 29.5 Å². The van der Waals surface area contributed by atoms with Crippen molar-refractivity contribution in [3.63, 3.8) is 0 Å². The Bertz CT molecular complexity index is 961. The first-order valence-electron chi connectivity index (χ1n) is 7.12. The second-order valence-electron chi connectivity index (χ2n) is 5.16. The van der Waals surface area contributed by atoms with Crippen LogP contribution in [0.5, 0.6) is 0 Å². The van der Waals surface area contributed by atoms with E-state index in [9.17, 15) is 14.7 Å². The van der Waals surface area contributed by atoms with Crippen molar-refractivity contribution in [3.8, 4) is 11.1 Å². The van der Waals surface area contributed by atoms with E-state index in [2.05, 4.69) is 5.32 Å². The van der Waals surface area contributed by atoms with Gasteiger partial charge in [0.25, 0.3) is 5.91 Å². The number of nitrogens with one attached hydrogen (secondary N) is 1. The van der Waals surface area contributed by atoms with Gasteiger partial charge in [0.2, 0.25) is 0 Å². The molecule has 128 valence electrons. The monoisotopic (exact) mass is 399 g/mol. The number of amides is 1. The molecule has 0 aliphatic rings. The van der Waals surface area contributed by atoms with Gasteiger partial charge in [-0.1, -0.05) is 29.3 Å². The van der Waals surface area contributed by atoms with Crippen molar-refractivity contribution in [2.75, 3.05) is 5.32 Å². The summed E-state index contributed by atoms with van der Waals surface area (Å²) in [5.41, 5.74) is 2.10. The number of rotatable bonds is 4. The van der Waals surface area contributed by atoms with Gasteiger partial charge in [-0.2, -0.15) is 11.3 Å². The Balaban J connectivity index is 0.00000243. The van der Waals surface area contributed by atoms with Crippen LogP contribution in [0, 0.1) is 0 Å². The summed E-state index contributed by atoms with van der Waals surface area (Å²) >= 11 is 13.4. The number of hydrogen-bond acceptors (Lipinski definition) is 3. The second-order valence-corrected chi connectivity index (χ2v) is 6.78. The number of carbonyl (C=O) groups excluding carboxylic acids is 1. The summed E-state index contributed by atoms with van der Waals surface area (Å²) in [5, 5.41) is 16.5. The normalized spacial score (nSPS) is 10.1. The van der Waals surface area contributed by atoms with Crippen LogP contribution in [0.3, 0.4) is 0 Å².